The van der Waals surface area contributed by atoms with Crippen molar-refractivity contribution in [3.05, 3.63) is 28.7 Å². The van der Waals surface area contributed by atoms with Gasteiger partial charge in [-0.3, -0.25) is 9.59 Å². The van der Waals surface area contributed by atoms with E-state index in [0.717, 1.165) is 4.47 Å². The van der Waals surface area contributed by atoms with Crippen LogP contribution in [-0.2, 0) is 9.59 Å². The summed E-state index contributed by atoms with van der Waals surface area (Å²) in [4.78, 5) is 23.8. The number of hydrogen-bond acceptors (Lipinski definition) is 4. The predicted molar refractivity (Wildman–Crippen MR) is 82.1 cm³/mol. The van der Waals surface area contributed by atoms with Crippen molar-refractivity contribution >= 4 is 27.8 Å². The number of benzene rings is 1. The molecule has 21 heavy (non-hydrogen) atoms. The molecule has 0 aliphatic carbocycles. The summed E-state index contributed by atoms with van der Waals surface area (Å²) < 4.78 is 6.47. The molecular weight excluding hydrogens is 340 g/mol. The van der Waals surface area contributed by atoms with Crippen LogP contribution in [-0.4, -0.2) is 48.1 Å². The molecular formula is C14H19BrN2O4. The van der Waals surface area contributed by atoms with Crippen LogP contribution in [0.15, 0.2) is 28.7 Å². The summed E-state index contributed by atoms with van der Waals surface area (Å²) in [5.74, 6) is -0.524. The van der Waals surface area contributed by atoms with Crippen LogP contribution in [0.1, 0.15) is 12.8 Å². The normalized spacial score (nSPS) is 11.8. The van der Waals surface area contributed by atoms with Crippen molar-refractivity contribution in [1.29, 1.82) is 0 Å². The summed E-state index contributed by atoms with van der Waals surface area (Å²) in [5.41, 5.74) is 5.67. The van der Waals surface area contributed by atoms with E-state index in [1.165, 1.54) is 4.90 Å². The molecule has 1 atom stereocenters. The van der Waals surface area contributed by atoms with Gasteiger partial charge < -0.3 is 20.5 Å². The number of rotatable bonds is 8. The summed E-state index contributed by atoms with van der Waals surface area (Å²) in [6.07, 6.45) is 0.0161. The molecule has 6 nitrogen and oxygen atoms in total. The van der Waals surface area contributed by atoms with E-state index < -0.39 is 12.0 Å². The number of hydrogen-bond donors (Lipinski definition) is 2. The van der Waals surface area contributed by atoms with E-state index in [4.69, 9.17) is 15.6 Å². The Labute approximate surface area is 132 Å². The molecule has 0 heterocycles. The fourth-order valence-electron chi connectivity index (χ4n) is 1.63. The molecule has 0 radical (unpaired) electrons. The molecule has 116 valence electrons. The largest absolute Gasteiger partial charge is 0.492 e. The van der Waals surface area contributed by atoms with Gasteiger partial charge in [-0.2, -0.15) is 0 Å². The SMILES string of the molecule is CN(CCOc1ccc(Br)cc1)C(=O)C(N)CCC(=O)O. The standard InChI is InChI=1S/C14H19BrN2O4/c1-17(14(20)12(16)6-7-13(18)19)8-9-21-11-4-2-10(15)3-5-11/h2-5,12H,6-9,16H2,1H3,(H,18,19). The molecule has 1 aromatic rings. The maximum absolute atomic E-state index is 11.9. The van der Waals surface area contributed by atoms with Gasteiger partial charge in [-0.05, 0) is 30.7 Å². The predicted octanol–water partition coefficient (Wildman–Crippen LogP) is 1.48. The zero-order valence-corrected chi connectivity index (χ0v) is 13.4. The number of likely N-dealkylation sites (N-methyl/N-ethyl adjacent to an activating group) is 1. The number of carbonyl (C=O) groups is 2. The average Bonchev–Trinajstić information content (AvgIpc) is 2.45. The van der Waals surface area contributed by atoms with Gasteiger partial charge in [-0.15, -0.1) is 0 Å². The van der Waals surface area contributed by atoms with E-state index in [9.17, 15) is 9.59 Å². The average molecular weight is 359 g/mol. The summed E-state index contributed by atoms with van der Waals surface area (Å²) in [6.45, 7) is 0.727. The molecule has 0 spiro atoms. The number of ether oxygens (including phenoxy) is 1. The second kappa shape index (κ2) is 8.63. The molecule has 7 heteroatoms. The Morgan fingerprint density at radius 1 is 1.38 bits per heavy atom. The van der Waals surface area contributed by atoms with Gasteiger partial charge in [0.1, 0.15) is 12.4 Å². The van der Waals surface area contributed by atoms with Crippen LogP contribution in [0.25, 0.3) is 0 Å². The maximum Gasteiger partial charge on any atom is 0.303 e. The fourth-order valence-corrected chi connectivity index (χ4v) is 1.89. The number of amides is 1. The minimum Gasteiger partial charge on any atom is -0.492 e. The molecule has 0 fully saturated rings. The molecule has 0 aliphatic rings. The van der Waals surface area contributed by atoms with E-state index in [0.29, 0.717) is 18.9 Å². The lowest BCUT2D eigenvalue weighted by Gasteiger charge is -2.21. The Balaban J connectivity index is 2.32. The van der Waals surface area contributed by atoms with Crippen molar-refractivity contribution in [2.24, 2.45) is 5.73 Å². The third-order valence-corrected chi connectivity index (χ3v) is 3.40. The molecule has 1 rings (SSSR count). The Bertz CT molecular complexity index is 478. The van der Waals surface area contributed by atoms with Crippen LogP contribution in [0.5, 0.6) is 5.75 Å². The highest BCUT2D eigenvalue weighted by Crippen LogP contribution is 2.15. The van der Waals surface area contributed by atoms with Crippen LogP contribution < -0.4 is 10.5 Å². The van der Waals surface area contributed by atoms with Crippen LogP contribution >= 0.6 is 15.9 Å². The third-order valence-electron chi connectivity index (χ3n) is 2.87. The maximum atomic E-state index is 11.9. The number of aliphatic carboxylic acids is 1. The molecule has 0 aromatic heterocycles. The van der Waals surface area contributed by atoms with E-state index in [1.807, 2.05) is 24.3 Å². The van der Waals surface area contributed by atoms with Crippen LogP contribution in [0.2, 0.25) is 0 Å². The lowest BCUT2D eigenvalue weighted by atomic mass is 10.1. The first-order valence-corrected chi connectivity index (χ1v) is 7.30. The Morgan fingerprint density at radius 2 is 2.00 bits per heavy atom. The van der Waals surface area contributed by atoms with Crippen molar-refractivity contribution in [2.45, 2.75) is 18.9 Å². The Morgan fingerprint density at radius 3 is 2.57 bits per heavy atom. The zero-order chi connectivity index (χ0) is 15.8. The minimum atomic E-state index is -0.959. The van der Waals surface area contributed by atoms with Gasteiger partial charge in [0, 0.05) is 17.9 Å². The highest BCUT2D eigenvalue weighted by atomic mass is 79.9. The number of carboxylic acid groups (broad SMARTS) is 1. The number of nitrogens with two attached hydrogens (primary N) is 1. The lowest BCUT2D eigenvalue weighted by Crippen LogP contribution is -2.43. The zero-order valence-electron chi connectivity index (χ0n) is 11.8. The van der Waals surface area contributed by atoms with E-state index in [2.05, 4.69) is 15.9 Å². The van der Waals surface area contributed by atoms with Crippen LogP contribution in [0, 0.1) is 0 Å². The molecule has 0 bridgehead atoms. The highest BCUT2D eigenvalue weighted by molar-refractivity contribution is 9.10. The smallest absolute Gasteiger partial charge is 0.303 e. The summed E-state index contributed by atoms with van der Waals surface area (Å²) in [5, 5.41) is 8.57. The quantitative estimate of drug-likeness (QED) is 0.734. The topological polar surface area (TPSA) is 92.9 Å². The molecule has 1 unspecified atom stereocenters. The molecule has 0 aliphatic heterocycles. The molecule has 0 saturated heterocycles. The fraction of sp³-hybridized carbons (Fsp3) is 0.429. The molecule has 1 aromatic carbocycles. The molecule has 0 saturated carbocycles. The van der Waals surface area contributed by atoms with Crippen molar-refractivity contribution in [3.8, 4) is 5.75 Å². The minimum absolute atomic E-state index is 0.115. The summed E-state index contributed by atoms with van der Waals surface area (Å²) >= 11 is 3.33. The number of carboxylic acids is 1. The second-order valence-electron chi connectivity index (χ2n) is 4.60. The van der Waals surface area contributed by atoms with Gasteiger partial charge >= 0.3 is 5.97 Å². The van der Waals surface area contributed by atoms with E-state index >= 15 is 0 Å². The van der Waals surface area contributed by atoms with Gasteiger partial charge in [-0.25, -0.2) is 0 Å². The first-order valence-electron chi connectivity index (χ1n) is 6.51. The lowest BCUT2D eigenvalue weighted by molar-refractivity contribution is -0.137. The third kappa shape index (κ3) is 6.59. The first-order chi connectivity index (χ1) is 9.90. The van der Waals surface area contributed by atoms with E-state index in [1.54, 1.807) is 7.05 Å². The summed E-state index contributed by atoms with van der Waals surface area (Å²) in [7, 11) is 1.62. The van der Waals surface area contributed by atoms with Gasteiger partial charge in [-0.1, -0.05) is 15.9 Å². The number of halogens is 1. The Hall–Kier alpha value is -1.60. The number of carbonyl (C=O) groups excluding carboxylic acids is 1. The second-order valence-corrected chi connectivity index (χ2v) is 5.52. The van der Waals surface area contributed by atoms with Gasteiger partial charge in [0.05, 0.1) is 12.6 Å². The van der Waals surface area contributed by atoms with Crippen molar-refractivity contribution < 1.29 is 19.4 Å². The van der Waals surface area contributed by atoms with Gasteiger partial charge in [0.25, 0.3) is 0 Å². The van der Waals surface area contributed by atoms with Crippen molar-refractivity contribution in [3.63, 3.8) is 0 Å². The first kappa shape index (κ1) is 17.5. The van der Waals surface area contributed by atoms with Crippen LogP contribution in [0.3, 0.4) is 0 Å². The highest BCUT2D eigenvalue weighted by Gasteiger charge is 2.18. The monoisotopic (exact) mass is 358 g/mol. The number of nitrogens with zero attached hydrogens (tertiary/aromatic N) is 1. The molecule has 1 amide bonds. The van der Waals surface area contributed by atoms with Crippen LogP contribution in [0.4, 0.5) is 0 Å². The van der Waals surface area contributed by atoms with Crippen molar-refractivity contribution in [2.75, 3.05) is 20.2 Å². The van der Waals surface area contributed by atoms with E-state index in [-0.39, 0.29) is 18.7 Å². The van der Waals surface area contributed by atoms with Crippen molar-refractivity contribution in [1.82, 2.24) is 4.90 Å². The molecule has 3 N–H and O–H groups in total. The van der Waals surface area contributed by atoms with Gasteiger partial charge in [0.2, 0.25) is 5.91 Å². The van der Waals surface area contributed by atoms with Gasteiger partial charge in [0.15, 0.2) is 0 Å². The summed E-state index contributed by atoms with van der Waals surface area (Å²) in [6, 6.07) is 6.59. The Kier molecular flexibility index (Phi) is 7.18.